The van der Waals surface area contributed by atoms with Gasteiger partial charge in [-0.25, -0.2) is 0 Å². The number of hydrogen-bond acceptors (Lipinski definition) is 5. The first-order chi connectivity index (χ1) is 18.1. The molecule has 216 valence electrons. The summed E-state index contributed by atoms with van der Waals surface area (Å²) >= 11 is 1.60. The van der Waals surface area contributed by atoms with Crippen molar-refractivity contribution >= 4 is 23.8 Å². The van der Waals surface area contributed by atoms with Gasteiger partial charge >= 0.3 is 5.97 Å². The maximum absolute atomic E-state index is 12.3. The van der Waals surface area contributed by atoms with E-state index in [1.165, 1.54) is 69.8 Å². The molecule has 4 aliphatic rings. The second-order valence-corrected chi connectivity index (χ2v) is 15.8. The van der Waals surface area contributed by atoms with Gasteiger partial charge < -0.3 is 8.92 Å². The molecule has 4 nitrogen and oxygen atoms in total. The van der Waals surface area contributed by atoms with Crippen molar-refractivity contribution in [3.05, 3.63) is 11.6 Å². The highest BCUT2D eigenvalue weighted by Crippen LogP contribution is 2.64. The Morgan fingerprint density at radius 2 is 1.74 bits per heavy atom. The highest BCUT2D eigenvalue weighted by molar-refractivity contribution is 7.96. The summed E-state index contributed by atoms with van der Waals surface area (Å²) in [5.74, 6) is 3.66. The molecule has 0 aliphatic heterocycles. The van der Waals surface area contributed by atoms with Crippen LogP contribution in [0.4, 0.5) is 0 Å². The SMILES string of the molecule is CC(=O)O[C@H]1CCC2C3C(CCCCCCCCCOSC(C)(C)C)CC4=CC(=O)CC[C@@H]4C3CC[C@@]21C. The van der Waals surface area contributed by atoms with Gasteiger partial charge in [0.2, 0.25) is 0 Å². The van der Waals surface area contributed by atoms with Crippen molar-refractivity contribution < 1.29 is 18.5 Å². The lowest BCUT2D eigenvalue weighted by atomic mass is 9.49. The Labute approximate surface area is 237 Å². The first-order valence-corrected chi connectivity index (χ1v) is 16.5. The molecule has 5 heteroatoms. The highest BCUT2D eigenvalue weighted by Gasteiger charge is 2.59. The van der Waals surface area contributed by atoms with E-state index < -0.39 is 0 Å². The van der Waals surface area contributed by atoms with Crippen LogP contribution in [-0.2, 0) is 18.5 Å². The third kappa shape index (κ3) is 7.47. The molecule has 7 atom stereocenters. The fraction of sp³-hybridized carbons (Fsp3) is 0.879. The number of esters is 1. The number of ether oxygens (including phenoxy) is 1. The Balaban J connectivity index is 1.28. The van der Waals surface area contributed by atoms with Gasteiger partial charge in [0.05, 0.1) is 6.61 Å². The number of unbranched alkanes of at least 4 members (excludes halogenated alkanes) is 6. The minimum absolute atomic E-state index is 0.0916. The summed E-state index contributed by atoms with van der Waals surface area (Å²) in [4.78, 5) is 24.2. The van der Waals surface area contributed by atoms with Crippen LogP contribution in [0.1, 0.15) is 131 Å². The Morgan fingerprint density at radius 1 is 1.03 bits per heavy atom. The largest absolute Gasteiger partial charge is 0.462 e. The molecule has 4 unspecified atom stereocenters. The van der Waals surface area contributed by atoms with E-state index in [0.717, 1.165) is 50.5 Å². The van der Waals surface area contributed by atoms with Crippen LogP contribution >= 0.6 is 12.0 Å². The van der Waals surface area contributed by atoms with E-state index in [1.807, 2.05) is 6.08 Å². The van der Waals surface area contributed by atoms with Gasteiger partial charge in [0, 0.05) is 23.5 Å². The first kappa shape index (κ1) is 30.2. The average Bonchev–Trinajstić information content (AvgIpc) is 3.16. The fourth-order valence-electron chi connectivity index (χ4n) is 8.69. The van der Waals surface area contributed by atoms with E-state index >= 15 is 0 Å². The van der Waals surface area contributed by atoms with Crippen molar-refractivity contribution in [1.82, 2.24) is 0 Å². The third-order valence-corrected chi connectivity index (χ3v) is 11.1. The maximum atomic E-state index is 12.3. The first-order valence-electron chi connectivity index (χ1n) is 15.8. The summed E-state index contributed by atoms with van der Waals surface area (Å²) in [5.41, 5.74) is 1.61. The van der Waals surface area contributed by atoms with Gasteiger partial charge in [0.15, 0.2) is 5.78 Å². The van der Waals surface area contributed by atoms with Crippen LogP contribution in [0.25, 0.3) is 0 Å². The van der Waals surface area contributed by atoms with Gasteiger partial charge in [-0.05, 0) is 120 Å². The van der Waals surface area contributed by atoms with Crippen LogP contribution in [0.3, 0.4) is 0 Å². The number of hydrogen-bond donors (Lipinski definition) is 0. The average molecular weight is 547 g/mol. The molecule has 4 aliphatic carbocycles. The molecule has 0 amide bonds. The van der Waals surface area contributed by atoms with Gasteiger partial charge in [-0.2, -0.15) is 0 Å². The van der Waals surface area contributed by atoms with Crippen LogP contribution in [0.5, 0.6) is 0 Å². The van der Waals surface area contributed by atoms with Gasteiger partial charge in [-0.1, -0.05) is 51.0 Å². The van der Waals surface area contributed by atoms with E-state index in [9.17, 15) is 9.59 Å². The van der Waals surface area contributed by atoms with Crippen LogP contribution in [-0.4, -0.2) is 29.2 Å². The standard InChI is InChI=1S/C33H54O4S/c1-23(34)37-30-17-16-29-31-24(13-11-9-7-6-8-10-12-20-36-38-32(2,3)4)21-25-22-26(35)14-15-27(25)28(31)18-19-33(29,30)5/h22,24,27-31H,6-21H2,1-5H3/t24?,27-,28?,29?,30-,31?,33-/m0/s1. The Hall–Kier alpha value is -0.810. The van der Waals surface area contributed by atoms with Crippen LogP contribution in [0.15, 0.2) is 11.6 Å². The van der Waals surface area contributed by atoms with Gasteiger partial charge in [0.1, 0.15) is 6.10 Å². The normalized spacial score (nSPS) is 34.8. The molecule has 0 bridgehead atoms. The molecule has 0 radical (unpaired) electrons. The molecule has 0 aromatic heterocycles. The number of rotatable bonds is 12. The van der Waals surface area contributed by atoms with E-state index in [4.69, 9.17) is 8.92 Å². The number of carbonyl (C=O) groups excluding carboxylic acids is 2. The topological polar surface area (TPSA) is 52.6 Å². The highest BCUT2D eigenvalue weighted by atomic mass is 32.2. The lowest BCUT2D eigenvalue weighted by Crippen LogP contribution is -2.51. The van der Waals surface area contributed by atoms with Crippen molar-refractivity contribution in [3.8, 4) is 0 Å². The van der Waals surface area contributed by atoms with Crippen molar-refractivity contribution in [2.24, 2.45) is 35.0 Å². The van der Waals surface area contributed by atoms with Crippen molar-refractivity contribution in [1.29, 1.82) is 0 Å². The molecule has 0 N–H and O–H groups in total. The van der Waals surface area contributed by atoms with E-state index in [1.54, 1.807) is 19.0 Å². The Bertz CT molecular complexity index is 844. The lowest BCUT2D eigenvalue weighted by molar-refractivity contribution is -0.157. The summed E-state index contributed by atoms with van der Waals surface area (Å²) in [5, 5.41) is 0. The van der Waals surface area contributed by atoms with Crippen LogP contribution in [0, 0.1) is 35.0 Å². The molecule has 3 saturated carbocycles. The molecule has 38 heavy (non-hydrogen) atoms. The summed E-state index contributed by atoms with van der Waals surface area (Å²) in [7, 11) is 0. The zero-order chi connectivity index (χ0) is 27.3. The van der Waals surface area contributed by atoms with Gasteiger partial charge in [-0.3, -0.25) is 9.59 Å². The predicted octanol–water partition coefficient (Wildman–Crippen LogP) is 8.87. The minimum Gasteiger partial charge on any atom is -0.462 e. The predicted molar refractivity (Wildman–Crippen MR) is 157 cm³/mol. The smallest absolute Gasteiger partial charge is 0.302 e. The number of carbonyl (C=O) groups is 2. The van der Waals surface area contributed by atoms with Gasteiger partial charge in [-0.15, -0.1) is 0 Å². The fourth-order valence-corrected chi connectivity index (χ4v) is 9.24. The molecular weight excluding hydrogens is 492 g/mol. The summed E-state index contributed by atoms with van der Waals surface area (Å²) < 4.78 is 11.8. The second kappa shape index (κ2) is 13.2. The van der Waals surface area contributed by atoms with E-state index in [2.05, 4.69) is 27.7 Å². The van der Waals surface area contributed by atoms with Crippen molar-refractivity contribution in [3.63, 3.8) is 0 Å². The van der Waals surface area contributed by atoms with E-state index in [-0.39, 0.29) is 22.2 Å². The van der Waals surface area contributed by atoms with Gasteiger partial charge in [0.25, 0.3) is 0 Å². The maximum Gasteiger partial charge on any atom is 0.302 e. The molecule has 3 fully saturated rings. The third-order valence-electron chi connectivity index (χ3n) is 10.3. The van der Waals surface area contributed by atoms with Crippen LogP contribution in [0.2, 0.25) is 0 Å². The second-order valence-electron chi connectivity index (χ2n) is 14.1. The summed E-state index contributed by atoms with van der Waals surface area (Å²) in [6.45, 7) is 11.4. The van der Waals surface area contributed by atoms with E-state index in [0.29, 0.717) is 23.5 Å². The zero-order valence-corrected chi connectivity index (χ0v) is 25.7. The zero-order valence-electron chi connectivity index (χ0n) is 24.9. The molecule has 4 rings (SSSR count). The lowest BCUT2D eigenvalue weighted by Gasteiger charge is -2.56. The summed E-state index contributed by atoms with van der Waals surface area (Å²) in [6.07, 6.45) is 20.0. The van der Waals surface area contributed by atoms with Crippen molar-refractivity contribution in [2.45, 2.75) is 142 Å². The molecule has 0 aromatic rings. The number of ketones is 1. The molecule has 0 saturated heterocycles. The monoisotopic (exact) mass is 546 g/mol. The summed E-state index contributed by atoms with van der Waals surface area (Å²) in [6, 6.07) is 0. The van der Waals surface area contributed by atoms with Crippen molar-refractivity contribution in [2.75, 3.05) is 6.61 Å². The number of allylic oxidation sites excluding steroid dienone is 1. The molecule has 0 spiro atoms. The quantitative estimate of drug-likeness (QED) is 0.139. The molecular formula is C33H54O4S. The minimum atomic E-state index is -0.119. The number of fused-ring (bicyclic) bond motifs is 5. The molecule has 0 heterocycles. The Morgan fingerprint density at radius 3 is 2.45 bits per heavy atom. The van der Waals surface area contributed by atoms with Crippen LogP contribution < -0.4 is 0 Å². The molecule has 0 aromatic carbocycles. The Kier molecular flexibility index (Phi) is 10.5.